The van der Waals surface area contributed by atoms with Crippen LogP contribution in [-0.4, -0.2) is 36.7 Å². The number of benzene rings is 1. The molecule has 2 aromatic rings. The number of carbonyl (C=O) groups excluding carboxylic acids is 1. The number of furan rings is 1. The average Bonchev–Trinajstić information content (AvgIpc) is 3.04. The fourth-order valence-electron chi connectivity index (χ4n) is 3.73. The molecule has 24 heavy (non-hydrogen) atoms. The molecule has 1 amide bonds. The molecule has 3 saturated heterocycles. The van der Waals surface area contributed by atoms with Gasteiger partial charge in [-0.2, -0.15) is 0 Å². The van der Waals surface area contributed by atoms with E-state index in [2.05, 4.69) is 10.2 Å². The van der Waals surface area contributed by atoms with Crippen LogP contribution in [0.5, 0.6) is 5.95 Å². The van der Waals surface area contributed by atoms with Crippen LogP contribution in [0.1, 0.15) is 18.4 Å². The van der Waals surface area contributed by atoms with E-state index in [1.165, 1.54) is 0 Å². The molecule has 126 valence electrons. The topological polar surface area (TPSA) is 54.7 Å². The van der Waals surface area contributed by atoms with Gasteiger partial charge in [0.05, 0.1) is 0 Å². The summed E-state index contributed by atoms with van der Waals surface area (Å²) in [7, 11) is 0. The molecule has 1 aromatic carbocycles. The third-order valence-corrected chi connectivity index (χ3v) is 5.04. The number of aryl methyl sites for hydroxylation is 1. The number of ether oxygens (including phenoxy) is 1. The van der Waals surface area contributed by atoms with E-state index < -0.39 is 6.09 Å². The van der Waals surface area contributed by atoms with Crippen LogP contribution in [-0.2, 0) is 0 Å². The van der Waals surface area contributed by atoms with Crippen molar-refractivity contribution in [1.82, 2.24) is 10.2 Å². The molecule has 3 aliphatic heterocycles. The van der Waals surface area contributed by atoms with E-state index in [-0.39, 0.29) is 12.0 Å². The van der Waals surface area contributed by atoms with Crippen LogP contribution in [0.25, 0.3) is 11.3 Å². The number of carbonyl (C=O) groups is 1. The first kappa shape index (κ1) is 15.3. The Bertz CT molecular complexity index is 732. The summed E-state index contributed by atoms with van der Waals surface area (Å²) in [4.78, 5) is 14.5. The second kappa shape index (κ2) is 6.32. The number of nitrogens with one attached hydrogen (secondary N) is 1. The molecule has 1 aromatic heterocycles. The third kappa shape index (κ3) is 3.17. The van der Waals surface area contributed by atoms with E-state index in [1.54, 1.807) is 6.07 Å². The standard InChI is InChI=1S/C19H22N2O3/c1-13-3-2-4-15(11-13)17-5-6-18(23-17)24-19(22)20-16-12-21-9-7-14(16)8-10-21/h2-6,11,14,16H,7-10,12H2,1H3,(H,20,22). The Kier molecular flexibility index (Phi) is 4.02. The van der Waals surface area contributed by atoms with Crippen molar-refractivity contribution in [3.63, 3.8) is 0 Å². The van der Waals surface area contributed by atoms with E-state index in [0.29, 0.717) is 11.7 Å². The Hall–Kier alpha value is -2.27. The van der Waals surface area contributed by atoms with Crippen molar-refractivity contribution in [1.29, 1.82) is 0 Å². The fraction of sp³-hybridized carbons (Fsp3) is 0.421. The zero-order valence-electron chi connectivity index (χ0n) is 13.8. The second-order valence-corrected chi connectivity index (χ2v) is 6.77. The van der Waals surface area contributed by atoms with Crippen molar-refractivity contribution in [2.24, 2.45) is 5.92 Å². The molecule has 5 heteroatoms. The molecule has 0 radical (unpaired) electrons. The Labute approximate surface area is 141 Å². The SMILES string of the molecule is Cc1cccc(-c2ccc(OC(=O)NC3CN4CCC3CC4)o2)c1. The van der Waals surface area contributed by atoms with Crippen molar-refractivity contribution in [2.45, 2.75) is 25.8 Å². The van der Waals surface area contributed by atoms with Crippen LogP contribution in [0.15, 0.2) is 40.8 Å². The maximum Gasteiger partial charge on any atom is 0.415 e. The normalized spacial score (nSPS) is 25.5. The molecule has 1 N–H and O–H groups in total. The summed E-state index contributed by atoms with van der Waals surface area (Å²) >= 11 is 0. The Morgan fingerprint density at radius 1 is 1.25 bits per heavy atom. The van der Waals surface area contributed by atoms with Gasteiger partial charge >= 0.3 is 6.09 Å². The summed E-state index contributed by atoms with van der Waals surface area (Å²) in [6, 6.07) is 11.7. The lowest BCUT2D eigenvalue weighted by molar-refractivity contribution is 0.0715. The zero-order valence-corrected chi connectivity index (χ0v) is 13.8. The average molecular weight is 326 g/mol. The Morgan fingerprint density at radius 3 is 2.79 bits per heavy atom. The first-order valence-corrected chi connectivity index (χ1v) is 8.55. The number of hydrogen-bond acceptors (Lipinski definition) is 4. The van der Waals surface area contributed by atoms with Crippen molar-refractivity contribution < 1.29 is 13.9 Å². The first-order chi connectivity index (χ1) is 11.7. The molecule has 0 spiro atoms. The summed E-state index contributed by atoms with van der Waals surface area (Å²) < 4.78 is 11.0. The molecular weight excluding hydrogens is 304 g/mol. The van der Waals surface area contributed by atoms with Crippen LogP contribution >= 0.6 is 0 Å². The molecule has 2 bridgehead atoms. The number of amides is 1. The van der Waals surface area contributed by atoms with Gasteiger partial charge < -0.3 is 19.4 Å². The van der Waals surface area contributed by atoms with E-state index in [4.69, 9.17) is 9.15 Å². The number of hydrogen-bond donors (Lipinski definition) is 1. The minimum atomic E-state index is -0.432. The third-order valence-electron chi connectivity index (χ3n) is 5.04. The maximum atomic E-state index is 12.1. The number of nitrogens with zero attached hydrogens (tertiary/aromatic N) is 1. The molecule has 5 rings (SSSR count). The molecule has 0 aliphatic carbocycles. The van der Waals surface area contributed by atoms with Gasteiger partial charge in [-0.25, -0.2) is 4.79 Å². The van der Waals surface area contributed by atoms with Gasteiger partial charge in [-0.05, 0) is 50.9 Å². The summed E-state index contributed by atoms with van der Waals surface area (Å²) in [5, 5.41) is 2.99. The van der Waals surface area contributed by atoms with Gasteiger partial charge in [0.15, 0.2) is 0 Å². The number of rotatable bonds is 3. The van der Waals surface area contributed by atoms with E-state index >= 15 is 0 Å². The van der Waals surface area contributed by atoms with Crippen molar-refractivity contribution >= 4 is 6.09 Å². The lowest BCUT2D eigenvalue weighted by atomic mass is 9.84. The summed E-state index contributed by atoms with van der Waals surface area (Å²) in [6.07, 6.45) is 1.88. The summed E-state index contributed by atoms with van der Waals surface area (Å²) in [5.74, 6) is 1.50. The molecule has 1 atom stereocenters. The van der Waals surface area contributed by atoms with Gasteiger partial charge in [-0.3, -0.25) is 0 Å². The van der Waals surface area contributed by atoms with Gasteiger partial charge in [0.25, 0.3) is 5.95 Å². The molecule has 3 fully saturated rings. The quantitative estimate of drug-likeness (QED) is 0.939. The van der Waals surface area contributed by atoms with E-state index in [0.717, 1.165) is 43.6 Å². The molecule has 5 nitrogen and oxygen atoms in total. The van der Waals surface area contributed by atoms with Crippen molar-refractivity contribution in [3.05, 3.63) is 42.0 Å². The highest BCUT2D eigenvalue weighted by Gasteiger charge is 2.35. The van der Waals surface area contributed by atoms with Crippen molar-refractivity contribution in [2.75, 3.05) is 19.6 Å². The number of fused-ring (bicyclic) bond motifs is 3. The minimum absolute atomic E-state index is 0.186. The summed E-state index contributed by atoms with van der Waals surface area (Å²) in [6.45, 7) is 5.25. The van der Waals surface area contributed by atoms with Gasteiger partial charge in [0.2, 0.25) is 0 Å². The van der Waals surface area contributed by atoms with Gasteiger partial charge in [-0.15, -0.1) is 0 Å². The van der Waals surface area contributed by atoms with Gasteiger partial charge in [0.1, 0.15) is 5.76 Å². The highest BCUT2D eigenvalue weighted by Crippen LogP contribution is 2.29. The summed E-state index contributed by atoms with van der Waals surface area (Å²) in [5.41, 5.74) is 2.13. The molecule has 0 saturated carbocycles. The van der Waals surface area contributed by atoms with E-state index in [9.17, 15) is 4.79 Å². The van der Waals surface area contributed by atoms with Crippen LogP contribution in [0.4, 0.5) is 4.79 Å². The molecule has 4 heterocycles. The zero-order chi connectivity index (χ0) is 16.5. The highest BCUT2D eigenvalue weighted by molar-refractivity contribution is 5.70. The van der Waals surface area contributed by atoms with Crippen LogP contribution in [0.2, 0.25) is 0 Å². The predicted molar refractivity (Wildman–Crippen MR) is 91.0 cm³/mol. The van der Waals surface area contributed by atoms with Crippen LogP contribution < -0.4 is 10.1 Å². The lowest BCUT2D eigenvalue weighted by Gasteiger charge is -2.44. The first-order valence-electron chi connectivity index (χ1n) is 8.55. The van der Waals surface area contributed by atoms with Crippen LogP contribution in [0, 0.1) is 12.8 Å². The largest absolute Gasteiger partial charge is 0.425 e. The molecule has 3 aliphatic rings. The fourth-order valence-corrected chi connectivity index (χ4v) is 3.73. The maximum absolute atomic E-state index is 12.1. The predicted octanol–water partition coefficient (Wildman–Crippen LogP) is 3.44. The van der Waals surface area contributed by atoms with Crippen molar-refractivity contribution in [3.8, 4) is 17.3 Å². The molecular formula is C19H22N2O3. The van der Waals surface area contributed by atoms with Gasteiger partial charge in [-0.1, -0.05) is 23.8 Å². The number of piperidine rings is 3. The molecule has 1 unspecified atom stereocenters. The lowest BCUT2D eigenvalue weighted by Crippen LogP contribution is -2.57. The Morgan fingerprint density at radius 2 is 2.08 bits per heavy atom. The Balaban J connectivity index is 1.38. The van der Waals surface area contributed by atoms with Crippen LogP contribution in [0.3, 0.4) is 0 Å². The highest BCUT2D eigenvalue weighted by atomic mass is 16.6. The smallest absolute Gasteiger partial charge is 0.415 e. The monoisotopic (exact) mass is 326 g/mol. The van der Waals surface area contributed by atoms with Gasteiger partial charge in [0, 0.05) is 24.2 Å². The minimum Gasteiger partial charge on any atom is -0.425 e. The second-order valence-electron chi connectivity index (χ2n) is 6.77. The van der Waals surface area contributed by atoms with E-state index in [1.807, 2.05) is 37.3 Å².